The highest BCUT2D eigenvalue weighted by Gasteiger charge is 2.17. The summed E-state index contributed by atoms with van der Waals surface area (Å²) in [6.45, 7) is 3.35. The van der Waals surface area contributed by atoms with Crippen LogP contribution in [0.1, 0.15) is 12.5 Å². The number of aryl methyl sites for hydroxylation is 1. The second kappa shape index (κ2) is 7.00. The van der Waals surface area contributed by atoms with E-state index >= 15 is 0 Å². The van der Waals surface area contributed by atoms with Gasteiger partial charge in [-0.05, 0) is 24.6 Å². The maximum absolute atomic E-state index is 11.5. The van der Waals surface area contributed by atoms with Crippen LogP contribution in [0, 0.1) is 6.92 Å². The highest BCUT2D eigenvalue weighted by molar-refractivity contribution is 5.94. The maximum Gasteiger partial charge on any atom is 0.308 e. The number of carbonyl (C=O) groups excluding carboxylic acids is 1. The third-order valence-electron chi connectivity index (χ3n) is 4.36. The Labute approximate surface area is 157 Å². The lowest BCUT2D eigenvalue weighted by atomic mass is 10.0. The minimum Gasteiger partial charge on any atom is -0.426 e. The van der Waals surface area contributed by atoms with Crippen molar-refractivity contribution >= 4 is 16.9 Å². The number of rotatable bonds is 3. The number of fused-ring (bicyclic) bond motifs is 1. The summed E-state index contributed by atoms with van der Waals surface area (Å²) in [5.41, 5.74) is 4.39. The second-order valence-electron chi connectivity index (χ2n) is 6.32. The van der Waals surface area contributed by atoms with Crippen molar-refractivity contribution in [1.29, 1.82) is 0 Å². The molecule has 4 rings (SSSR count). The van der Waals surface area contributed by atoms with E-state index in [-0.39, 0.29) is 5.97 Å². The number of ether oxygens (including phenoxy) is 1. The van der Waals surface area contributed by atoms with Crippen LogP contribution < -0.4 is 4.74 Å². The minimum absolute atomic E-state index is 0.370. The number of hydrogen-bond acceptors (Lipinski definition) is 4. The Morgan fingerprint density at radius 2 is 1.59 bits per heavy atom. The molecule has 0 unspecified atom stereocenters. The van der Waals surface area contributed by atoms with E-state index in [1.54, 1.807) is 6.07 Å². The van der Waals surface area contributed by atoms with E-state index in [1.807, 2.05) is 73.7 Å². The van der Waals surface area contributed by atoms with Crippen LogP contribution in [0.2, 0.25) is 0 Å². The smallest absolute Gasteiger partial charge is 0.308 e. The molecule has 0 spiro atoms. The molecule has 0 aliphatic rings. The third kappa shape index (κ3) is 3.29. The van der Waals surface area contributed by atoms with Gasteiger partial charge in [-0.1, -0.05) is 60.7 Å². The number of hydrogen-bond donors (Lipinski definition) is 0. The summed E-state index contributed by atoms with van der Waals surface area (Å²) in [7, 11) is 0. The molecule has 0 aliphatic carbocycles. The molecule has 0 radical (unpaired) electrons. The first-order valence-electron chi connectivity index (χ1n) is 8.74. The molecule has 27 heavy (non-hydrogen) atoms. The van der Waals surface area contributed by atoms with Gasteiger partial charge in [0.25, 0.3) is 0 Å². The van der Waals surface area contributed by atoms with Crippen LogP contribution in [0.25, 0.3) is 33.5 Å². The van der Waals surface area contributed by atoms with E-state index in [4.69, 9.17) is 14.7 Å². The lowest BCUT2D eigenvalue weighted by molar-refractivity contribution is -0.131. The molecular weight excluding hydrogens is 336 g/mol. The zero-order valence-corrected chi connectivity index (χ0v) is 15.1. The second-order valence-corrected chi connectivity index (χ2v) is 6.32. The van der Waals surface area contributed by atoms with Crippen LogP contribution in [0.4, 0.5) is 0 Å². The summed E-state index contributed by atoms with van der Waals surface area (Å²) in [5.74, 6) is 0.643. The summed E-state index contributed by atoms with van der Waals surface area (Å²) in [6.07, 6.45) is 0. The molecule has 3 aromatic carbocycles. The van der Waals surface area contributed by atoms with Crippen molar-refractivity contribution in [1.82, 2.24) is 9.97 Å². The molecule has 4 aromatic rings. The Morgan fingerprint density at radius 1 is 0.852 bits per heavy atom. The lowest BCUT2D eigenvalue weighted by Gasteiger charge is -2.13. The maximum atomic E-state index is 11.5. The van der Waals surface area contributed by atoms with Gasteiger partial charge in [-0.3, -0.25) is 4.79 Å². The topological polar surface area (TPSA) is 52.1 Å². The highest BCUT2D eigenvalue weighted by Crippen LogP contribution is 2.34. The van der Waals surface area contributed by atoms with Gasteiger partial charge in [0.1, 0.15) is 5.75 Å². The molecule has 0 N–H and O–H groups in total. The molecule has 0 aliphatic heterocycles. The Balaban J connectivity index is 2.01. The first kappa shape index (κ1) is 16.9. The molecular formula is C23H18N2O2. The van der Waals surface area contributed by atoms with Gasteiger partial charge < -0.3 is 4.74 Å². The average Bonchev–Trinajstić information content (AvgIpc) is 2.67. The molecule has 0 bridgehead atoms. The molecule has 0 amide bonds. The predicted molar refractivity (Wildman–Crippen MR) is 106 cm³/mol. The van der Waals surface area contributed by atoms with E-state index in [0.717, 1.165) is 33.3 Å². The average molecular weight is 354 g/mol. The number of carbonyl (C=O) groups is 1. The molecule has 1 heterocycles. The van der Waals surface area contributed by atoms with Crippen LogP contribution in [-0.2, 0) is 4.79 Å². The quantitative estimate of drug-likeness (QED) is 0.375. The Morgan fingerprint density at radius 3 is 2.37 bits per heavy atom. The number of esters is 1. The van der Waals surface area contributed by atoms with E-state index < -0.39 is 0 Å². The molecule has 132 valence electrons. The zero-order valence-electron chi connectivity index (χ0n) is 15.1. The van der Waals surface area contributed by atoms with Crippen LogP contribution in [0.15, 0.2) is 72.8 Å². The van der Waals surface area contributed by atoms with Crippen molar-refractivity contribution in [2.75, 3.05) is 0 Å². The highest BCUT2D eigenvalue weighted by atomic mass is 16.5. The fourth-order valence-electron chi connectivity index (χ4n) is 3.17. The standard InChI is InChI=1S/C23H18N2O2/c1-15-9-8-14-20(27-16(2)26)21(15)23-24-19-13-7-6-12-18(19)22(25-23)17-10-4-3-5-11-17/h3-14H,1-2H3. The molecule has 0 atom stereocenters. The van der Waals surface area contributed by atoms with Gasteiger partial charge in [-0.15, -0.1) is 0 Å². The molecule has 0 saturated heterocycles. The Kier molecular flexibility index (Phi) is 4.38. The van der Waals surface area contributed by atoms with Crippen molar-refractivity contribution in [2.45, 2.75) is 13.8 Å². The fraction of sp³-hybridized carbons (Fsp3) is 0.0870. The third-order valence-corrected chi connectivity index (χ3v) is 4.36. The van der Waals surface area contributed by atoms with Crippen LogP contribution in [-0.4, -0.2) is 15.9 Å². The van der Waals surface area contributed by atoms with Gasteiger partial charge >= 0.3 is 5.97 Å². The van der Waals surface area contributed by atoms with Crippen molar-refractivity contribution < 1.29 is 9.53 Å². The molecule has 1 aromatic heterocycles. The van der Waals surface area contributed by atoms with Gasteiger partial charge in [-0.25, -0.2) is 9.97 Å². The van der Waals surface area contributed by atoms with E-state index in [1.165, 1.54) is 6.92 Å². The van der Waals surface area contributed by atoms with Crippen molar-refractivity contribution in [3.8, 4) is 28.4 Å². The number of nitrogens with zero attached hydrogens (tertiary/aromatic N) is 2. The molecule has 4 nitrogen and oxygen atoms in total. The summed E-state index contributed by atoms with van der Waals surface area (Å²) < 4.78 is 5.42. The Hall–Kier alpha value is -3.53. The SMILES string of the molecule is CC(=O)Oc1cccc(C)c1-c1nc(-c2ccccc2)c2ccccc2n1. The lowest BCUT2D eigenvalue weighted by Crippen LogP contribution is -2.05. The van der Waals surface area contributed by atoms with Crippen molar-refractivity contribution in [3.63, 3.8) is 0 Å². The zero-order chi connectivity index (χ0) is 18.8. The largest absolute Gasteiger partial charge is 0.426 e. The predicted octanol–water partition coefficient (Wildman–Crippen LogP) is 5.20. The summed E-state index contributed by atoms with van der Waals surface area (Å²) >= 11 is 0. The van der Waals surface area contributed by atoms with E-state index in [9.17, 15) is 4.79 Å². The Bertz CT molecular complexity index is 1140. The van der Waals surface area contributed by atoms with Crippen molar-refractivity contribution in [2.24, 2.45) is 0 Å². The normalized spacial score (nSPS) is 10.7. The first-order chi connectivity index (χ1) is 13.1. The number of para-hydroxylation sites is 1. The fourth-order valence-corrected chi connectivity index (χ4v) is 3.17. The van der Waals surface area contributed by atoms with Gasteiger partial charge in [0, 0.05) is 17.9 Å². The van der Waals surface area contributed by atoms with Gasteiger partial charge in [0.05, 0.1) is 16.8 Å². The van der Waals surface area contributed by atoms with Gasteiger partial charge in [0.2, 0.25) is 0 Å². The first-order valence-corrected chi connectivity index (χ1v) is 8.74. The summed E-state index contributed by atoms with van der Waals surface area (Å²) in [4.78, 5) is 21.2. The van der Waals surface area contributed by atoms with E-state index in [2.05, 4.69) is 0 Å². The molecule has 4 heteroatoms. The van der Waals surface area contributed by atoms with Crippen LogP contribution >= 0.6 is 0 Å². The summed E-state index contributed by atoms with van der Waals surface area (Å²) in [6, 6.07) is 23.5. The summed E-state index contributed by atoms with van der Waals surface area (Å²) in [5, 5.41) is 0.982. The monoisotopic (exact) mass is 354 g/mol. The minimum atomic E-state index is -0.370. The van der Waals surface area contributed by atoms with Crippen molar-refractivity contribution in [3.05, 3.63) is 78.4 Å². The van der Waals surface area contributed by atoms with Gasteiger partial charge in [0.15, 0.2) is 5.82 Å². The number of benzene rings is 3. The van der Waals surface area contributed by atoms with Crippen LogP contribution in [0.5, 0.6) is 5.75 Å². The molecule has 0 fully saturated rings. The van der Waals surface area contributed by atoms with Gasteiger partial charge in [-0.2, -0.15) is 0 Å². The van der Waals surface area contributed by atoms with Crippen LogP contribution in [0.3, 0.4) is 0 Å². The molecule has 0 saturated carbocycles. The van der Waals surface area contributed by atoms with E-state index in [0.29, 0.717) is 11.6 Å². The number of aromatic nitrogens is 2.